The van der Waals surface area contributed by atoms with Crippen LogP contribution in [0, 0.1) is 5.92 Å². The normalized spacial score (nSPS) is 24.2. The first kappa shape index (κ1) is 12.6. The molecule has 0 saturated carbocycles. The standard InChI is InChI=1S/C13H24N4/c1-10(2)13(14)12-7-15-9-17(12)11-5-4-6-16(3)8-11/h7,9-11,13H,4-6,8,14H2,1-3H3. The lowest BCUT2D eigenvalue weighted by molar-refractivity contribution is 0.207. The molecule has 1 aliphatic rings. The molecule has 2 atom stereocenters. The van der Waals surface area contributed by atoms with Crippen molar-refractivity contribution in [3.8, 4) is 0 Å². The summed E-state index contributed by atoms with van der Waals surface area (Å²) < 4.78 is 2.29. The topological polar surface area (TPSA) is 47.1 Å². The number of piperidine rings is 1. The summed E-state index contributed by atoms with van der Waals surface area (Å²) in [5.74, 6) is 0.451. The Morgan fingerprint density at radius 1 is 1.47 bits per heavy atom. The van der Waals surface area contributed by atoms with E-state index in [1.54, 1.807) is 0 Å². The Labute approximate surface area is 104 Å². The van der Waals surface area contributed by atoms with Crippen molar-refractivity contribution in [3.05, 3.63) is 18.2 Å². The van der Waals surface area contributed by atoms with Crippen LogP contribution < -0.4 is 5.73 Å². The van der Waals surface area contributed by atoms with E-state index in [9.17, 15) is 0 Å². The van der Waals surface area contributed by atoms with Gasteiger partial charge in [0.25, 0.3) is 0 Å². The van der Waals surface area contributed by atoms with Gasteiger partial charge in [-0.3, -0.25) is 0 Å². The molecule has 96 valence electrons. The second-order valence-electron chi connectivity index (χ2n) is 5.55. The Balaban J connectivity index is 2.18. The van der Waals surface area contributed by atoms with Gasteiger partial charge in [-0.05, 0) is 32.4 Å². The highest BCUT2D eigenvalue weighted by atomic mass is 15.2. The van der Waals surface area contributed by atoms with Gasteiger partial charge in [0.2, 0.25) is 0 Å². The summed E-state index contributed by atoms with van der Waals surface area (Å²) in [6, 6.07) is 0.626. The van der Waals surface area contributed by atoms with Crippen molar-refractivity contribution >= 4 is 0 Å². The molecule has 17 heavy (non-hydrogen) atoms. The molecule has 1 aromatic heterocycles. The second-order valence-corrected chi connectivity index (χ2v) is 5.55. The molecule has 2 N–H and O–H groups in total. The average Bonchev–Trinajstić information content (AvgIpc) is 2.76. The van der Waals surface area contributed by atoms with Crippen LogP contribution in [0.15, 0.2) is 12.5 Å². The fourth-order valence-electron chi connectivity index (χ4n) is 2.59. The molecule has 2 unspecified atom stereocenters. The van der Waals surface area contributed by atoms with Crippen LogP contribution in [0.5, 0.6) is 0 Å². The molecule has 0 bridgehead atoms. The average molecular weight is 236 g/mol. The SMILES string of the molecule is CC(C)C(N)c1cncn1C1CCCN(C)C1. The van der Waals surface area contributed by atoms with Gasteiger partial charge in [0, 0.05) is 24.8 Å². The zero-order chi connectivity index (χ0) is 12.4. The van der Waals surface area contributed by atoms with E-state index < -0.39 is 0 Å². The molecule has 0 aliphatic carbocycles. The second kappa shape index (κ2) is 5.19. The van der Waals surface area contributed by atoms with Crippen LogP contribution in [0.4, 0.5) is 0 Å². The van der Waals surface area contributed by atoms with Crippen molar-refractivity contribution in [1.82, 2.24) is 14.5 Å². The largest absolute Gasteiger partial charge is 0.329 e. The van der Waals surface area contributed by atoms with E-state index in [-0.39, 0.29) is 6.04 Å². The van der Waals surface area contributed by atoms with Gasteiger partial charge in [0.1, 0.15) is 0 Å². The molecule has 2 heterocycles. The first-order valence-corrected chi connectivity index (χ1v) is 6.55. The smallest absolute Gasteiger partial charge is 0.0951 e. The molecule has 2 rings (SSSR count). The molecular weight excluding hydrogens is 212 g/mol. The molecule has 0 radical (unpaired) electrons. The highest BCUT2D eigenvalue weighted by Gasteiger charge is 2.23. The van der Waals surface area contributed by atoms with E-state index in [0.29, 0.717) is 12.0 Å². The van der Waals surface area contributed by atoms with Crippen molar-refractivity contribution < 1.29 is 0 Å². The number of nitrogens with two attached hydrogens (primary N) is 1. The van der Waals surface area contributed by atoms with Crippen LogP contribution >= 0.6 is 0 Å². The van der Waals surface area contributed by atoms with E-state index in [4.69, 9.17) is 5.73 Å². The summed E-state index contributed by atoms with van der Waals surface area (Å²) in [4.78, 5) is 6.68. The first-order valence-electron chi connectivity index (χ1n) is 6.55. The number of hydrogen-bond donors (Lipinski definition) is 1. The fourth-order valence-corrected chi connectivity index (χ4v) is 2.59. The summed E-state index contributed by atoms with van der Waals surface area (Å²) in [6.45, 7) is 6.63. The Kier molecular flexibility index (Phi) is 3.84. The van der Waals surface area contributed by atoms with E-state index in [1.165, 1.54) is 25.1 Å². The van der Waals surface area contributed by atoms with Gasteiger partial charge >= 0.3 is 0 Å². The number of likely N-dealkylation sites (tertiary alicyclic amines) is 1. The van der Waals surface area contributed by atoms with Crippen LogP contribution in [0.2, 0.25) is 0 Å². The van der Waals surface area contributed by atoms with E-state index >= 15 is 0 Å². The Morgan fingerprint density at radius 2 is 2.24 bits per heavy atom. The predicted molar refractivity (Wildman–Crippen MR) is 69.8 cm³/mol. The lowest BCUT2D eigenvalue weighted by atomic mass is 10.0. The molecule has 1 fully saturated rings. The molecule has 1 aromatic rings. The van der Waals surface area contributed by atoms with Crippen molar-refractivity contribution in [2.24, 2.45) is 11.7 Å². The zero-order valence-electron chi connectivity index (χ0n) is 11.1. The lowest BCUT2D eigenvalue weighted by Gasteiger charge is -2.32. The molecule has 4 heteroatoms. The number of nitrogens with zero attached hydrogens (tertiary/aromatic N) is 3. The quantitative estimate of drug-likeness (QED) is 0.870. The van der Waals surface area contributed by atoms with Gasteiger partial charge in [-0.15, -0.1) is 0 Å². The van der Waals surface area contributed by atoms with Crippen molar-refractivity contribution in [2.45, 2.75) is 38.8 Å². The maximum atomic E-state index is 6.25. The highest BCUT2D eigenvalue weighted by molar-refractivity contribution is 5.07. The predicted octanol–water partition coefficient (Wildman–Crippen LogP) is 1.81. The van der Waals surface area contributed by atoms with Crippen LogP contribution in [0.25, 0.3) is 0 Å². The minimum atomic E-state index is 0.0877. The summed E-state index contributed by atoms with van der Waals surface area (Å²) >= 11 is 0. The molecule has 0 spiro atoms. The van der Waals surface area contributed by atoms with Crippen LogP contribution in [0.1, 0.15) is 44.5 Å². The number of rotatable bonds is 3. The molecule has 0 amide bonds. The van der Waals surface area contributed by atoms with Gasteiger partial charge in [0.15, 0.2) is 0 Å². The van der Waals surface area contributed by atoms with E-state index in [2.05, 4.69) is 35.3 Å². The zero-order valence-corrected chi connectivity index (χ0v) is 11.1. The summed E-state index contributed by atoms with van der Waals surface area (Å²) in [5, 5.41) is 0. The molecular formula is C13H24N4. The minimum absolute atomic E-state index is 0.0877. The maximum Gasteiger partial charge on any atom is 0.0951 e. The van der Waals surface area contributed by atoms with Crippen molar-refractivity contribution in [1.29, 1.82) is 0 Å². The van der Waals surface area contributed by atoms with Crippen LogP contribution in [-0.2, 0) is 0 Å². The Bertz CT molecular complexity index is 358. The Morgan fingerprint density at radius 3 is 2.88 bits per heavy atom. The minimum Gasteiger partial charge on any atom is -0.329 e. The fraction of sp³-hybridized carbons (Fsp3) is 0.769. The first-order chi connectivity index (χ1) is 8.09. The third-order valence-corrected chi connectivity index (χ3v) is 3.75. The molecule has 1 aliphatic heterocycles. The van der Waals surface area contributed by atoms with Gasteiger partial charge in [0.05, 0.1) is 12.0 Å². The third-order valence-electron chi connectivity index (χ3n) is 3.75. The number of imidazole rings is 1. The lowest BCUT2D eigenvalue weighted by Crippen LogP contribution is -2.35. The third kappa shape index (κ3) is 2.69. The van der Waals surface area contributed by atoms with Gasteiger partial charge in [-0.1, -0.05) is 13.8 Å². The number of hydrogen-bond acceptors (Lipinski definition) is 3. The van der Waals surface area contributed by atoms with Gasteiger partial charge in [-0.2, -0.15) is 0 Å². The monoisotopic (exact) mass is 236 g/mol. The summed E-state index contributed by atoms with van der Waals surface area (Å²) in [7, 11) is 2.19. The van der Waals surface area contributed by atoms with Crippen molar-refractivity contribution in [3.63, 3.8) is 0 Å². The highest BCUT2D eigenvalue weighted by Crippen LogP contribution is 2.26. The molecule has 1 saturated heterocycles. The molecule has 4 nitrogen and oxygen atoms in total. The van der Waals surface area contributed by atoms with Crippen LogP contribution in [-0.4, -0.2) is 34.6 Å². The van der Waals surface area contributed by atoms with Gasteiger partial charge < -0.3 is 15.2 Å². The van der Waals surface area contributed by atoms with Gasteiger partial charge in [-0.25, -0.2) is 4.98 Å². The number of aromatic nitrogens is 2. The van der Waals surface area contributed by atoms with E-state index in [0.717, 1.165) is 6.54 Å². The summed E-state index contributed by atoms with van der Waals surface area (Å²) in [6.07, 6.45) is 6.37. The van der Waals surface area contributed by atoms with Crippen LogP contribution in [0.3, 0.4) is 0 Å². The van der Waals surface area contributed by atoms with E-state index in [1.807, 2.05) is 12.5 Å². The molecule has 0 aromatic carbocycles. The number of likely N-dealkylation sites (N-methyl/N-ethyl adjacent to an activating group) is 1. The van der Waals surface area contributed by atoms with Crippen molar-refractivity contribution in [2.75, 3.05) is 20.1 Å². The maximum absolute atomic E-state index is 6.25. The summed E-state index contributed by atoms with van der Waals surface area (Å²) in [5.41, 5.74) is 7.43. The Hall–Kier alpha value is -0.870.